The summed E-state index contributed by atoms with van der Waals surface area (Å²) in [6.07, 6.45) is 0. The lowest BCUT2D eigenvalue weighted by Crippen LogP contribution is -1.88. The Kier molecular flexibility index (Phi) is 2.45. The molecule has 0 atom stereocenters. The highest BCUT2D eigenvalue weighted by Gasteiger charge is 2.05. The minimum absolute atomic E-state index is 0.254. The van der Waals surface area contributed by atoms with Crippen LogP contribution in [0.5, 0.6) is 5.75 Å². The van der Waals surface area contributed by atoms with Gasteiger partial charge in [-0.1, -0.05) is 0 Å². The van der Waals surface area contributed by atoms with E-state index in [1.54, 1.807) is 17.6 Å². The van der Waals surface area contributed by atoms with Crippen LogP contribution in [-0.2, 0) is 0 Å². The third kappa shape index (κ3) is 1.61. The van der Waals surface area contributed by atoms with E-state index >= 15 is 0 Å². The van der Waals surface area contributed by atoms with Gasteiger partial charge in [0.05, 0.1) is 18.3 Å². The Morgan fingerprint density at radius 1 is 1.43 bits per heavy atom. The molecule has 0 N–H and O–H groups in total. The first-order valence-electron chi connectivity index (χ1n) is 4.03. The average molecular weight is 209 g/mol. The summed E-state index contributed by atoms with van der Waals surface area (Å²) in [5.41, 5.74) is 3.28. The maximum atomic E-state index is 13.3. The molecule has 2 aromatic rings. The lowest BCUT2D eigenvalue weighted by molar-refractivity contribution is 0.386. The largest absolute Gasteiger partial charge is 0.494 e. The number of aromatic nitrogens is 1. The summed E-state index contributed by atoms with van der Waals surface area (Å²) in [5, 5.41) is 1.88. The molecule has 2 nitrogen and oxygen atoms in total. The molecule has 0 amide bonds. The summed E-state index contributed by atoms with van der Waals surface area (Å²) in [6.45, 7) is 0. The van der Waals surface area contributed by atoms with Crippen molar-refractivity contribution in [2.75, 3.05) is 7.11 Å². The molecule has 1 heterocycles. The standard InChI is InChI=1S/C10H8FNOS/c1-13-10-3-2-7(4-8(10)11)9-5-14-6-12-9/h2-6H,1H3. The second-order valence-corrected chi connectivity index (χ2v) is 3.44. The van der Waals surface area contributed by atoms with Crippen LogP contribution in [0.4, 0.5) is 4.39 Å². The zero-order valence-electron chi connectivity index (χ0n) is 7.53. The smallest absolute Gasteiger partial charge is 0.165 e. The molecule has 4 heteroatoms. The molecule has 0 bridgehead atoms. The number of hydrogen-bond donors (Lipinski definition) is 0. The molecule has 14 heavy (non-hydrogen) atoms. The molecule has 2 rings (SSSR count). The first-order valence-corrected chi connectivity index (χ1v) is 4.97. The number of hydrogen-bond acceptors (Lipinski definition) is 3. The minimum atomic E-state index is -0.363. The quantitative estimate of drug-likeness (QED) is 0.758. The molecule has 0 aliphatic rings. The number of halogens is 1. The van der Waals surface area contributed by atoms with Crippen LogP contribution in [0, 0.1) is 5.82 Å². The van der Waals surface area contributed by atoms with E-state index in [0.29, 0.717) is 0 Å². The molecular formula is C10H8FNOS. The monoisotopic (exact) mass is 209 g/mol. The van der Waals surface area contributed by atoms with Gasteiger partial charge >= 0.3 is 0 Å². The highest BCUT2D eigenvalue weighted by Crippen LogP contribution is 2.24. The first kappa shape index (κ1) is 9.15. The molecule has 0 aliphatic carbocycles. The third-order valence-corrected chi connectivity index (χ3v) is 2.47. The number of rotatable bonds is 2. The van der Waals surface area contributed by atoms with Gasteiger partial charge in [0.25, 0.3) is 0 Å². The van der Waals surface area contributed by atoms with Crippen molar-refractivity contribution in [1.82, 2.24) is 4.98 Å². The lowest BCUT2D eigenvalue weighted by Gasteiger charge is -2.02. The van der Waals surface area contributed by atoms with Crippen molar-refractivity contribution in [3.05, 3.63) is 34.9 Å². The minimum Gasteiger partial charge on any atom is -0.494 e. The lowest BCUT2D eigenvalue weighted by atomic mass is 10.1. The van der Waals surface area contributed by atoms with Crippen LogP contribution in [0.25, 0.3) is 11.3 Å². The fraction of sp³-hybridized carbons (Fsp3) is 0.100. The fourth-order valence-electron chi connectivity index (χ4n) is 1.18. The van der Waals surface area contributed by atoms with Gasteiger partial charge in [0.2, 0.25) is 0 Å². The van der Waals surface area contributed by atoms with Gasteiger partial charge in [0.1, 0.15) is 0 Å². The number of ether oxygens (including phenoxy) is 1. The van der Waals surface area contributed by atoms with Gasteiger partial charge in [-0.25, -0.2) is 9.37 Å². The van der Waals surface area contributed by atoms with E-state index in [9.17, 15) is 4.39 Å². The molecule has 1 aromatic heterocycles. The van der Waals surface area contributed by atoms with E-state index in [-0.39, 0.29) is 11.6 Å². The van der Waals surface area contributed by atoms with Crippen LogP contribution >= 0.6 is 11.3 Å². The van der Waals surface area contributed by atoms with Crippen molar-refractivity contribution in [2.45, 2.75) is 0 Å². The van der Waals surface area contributed by atoms with Crippen LogP contribution in [0.1, 0.15) is 0 Å². The number of nitrogens with zero attached hydrogens (tertiary/aromatic N) is 1. The van der Waals surface area contributed by atoms with Crippen molar-refractivity contribution in [1.29, 1.82) is 0 Å². The van der Waals surface area contributed by atoms with Crippen molar-refractivity contribution >= 4 is 11.3 Å². The van der Waals surface area contributed by atoms with Gasteiger partial charge in [-0.15, -0.1) is 11.3 Å². The van der Waals surface area contributed by atoms with Crippen molar-refractivity contribution in [2.24, 2.45) is 0 Å². The fourth-order valence-corrected chi connectivity index (χ4v) is 1.74. The highest BCUT2D eigenvalue weighted by molar-refractivity contribution is 7.07. The normalized spacial score (nSPS) is 10.1. The van der Waals surface area contributed by atoms with Crippen LogP contribution in [0.3, 0.4) is 0 Å². The van der Waals surface area contributed by atoms with Gasteiger partial charge in [0.15, 0.2) is 11.6 Å². The molecule has 0 radical (unpaired) electrons. The molecule has 1 aromatic carbocycles. The highest BCUT2D eigenvalue weighted by atomic mass is 32.1. The van der Waals surface area contributed by atoms with E-state index in [0.717, 1.165) is 11.3 Å². The molecule has 0 saturated carbocycles. The number of benzene rings is 1. The molecule has 72 valence electrons. The maximum absolute atomic E-state index is 13.3. The zero-order valence-corrected chi connectivity index (χ0v) is 8.34. The Hall–Kier alpha value is -1.42. The molecular weight excluding hydrogens is 201 g/mol. The van der Waals surface area contributed by atoms with Gasteiger partial charge in [-0.3, -0.25) is 0 Å². The predicted molar refractivity (Wildman–Crippen MR) is 54.1 cm³/mol. The third-order valence-electron chi connectivity index (χ3n) is 1.88. The van der Waals surface area contributed by atoms with Crippen molar-refractivity contribution in [3.63, 3.8) is 0 Å². The summed E-state index contributed by atoms with van der Waals surface area (Å²) in [7, 11) is 1.45. The number of methoxy groups -OCH3 is 1. The van der Waals surface area contributed by atoms with E-state index in [1.807, 2.05) is 5.38 Å². The Balaban J connectivity index is 2.43. The van der Waals surface area contributed by atoms with E-state index in [4.69, 9.17) is 4.74 Å². The first-order chi connectivity index (χ1) is 6.81. The second kappa shape index (κ2) is 3.75. The van der Waals surface area contributed by atoms with Crippen molar-refractivity contribution in [3.8, 4) is 17.0 Å². The SMILES string of the molecule is COc1ccc(-c2cscn2)cc1F. The molecule has 0 saturated heterocycles. The van der Waals surface area contributed by atoms with E-state index < -0.39 is 0 Å². The molecule has 0 fully saturated rings. The Morgan fingerprint density at radius 3 is 2.86 bits per heavy atom. The van der Waals surface area contributed by atoms with Crippen LogP contribution in [0.2, 0.25) is 0 Å². The maximum Gasteiger partial charge on any atom is 0.165 e. The zero-order chi connectivity index (χ0) is 9.97. The van der Waals surface area contributed by atoms with Crippen molar-refractivity contribution < 1.29 is 9.13 Å². The Labute approximate surface area is 85.0 Å². The topological polar surface area (TPSA) is 22.1 Å². The summed E-state index contributed by atoms with van der Waals surface area (Å²) < 4.78 is 18.1. The van der Waals surface area contributed by atoms with Crippen LogP contribution in [0.15, 0.2) is 29.1 Å². The summed E-state index contributed by atoms with van der Waals surface area (Å²) >= 11 is 1.49. The van der Waals surface area contributed by atoms with E-state index in [2.05, 4.69) is 4.98 Å². The van der Waals surface area contributed by atoms with Gasteiger partial charge in [-0.2, -0.15) is 0 Å². The Morgan fingerprint density at radius 2 is 2.29 bits per heavy atom. The van der Waals surface area contributed by atoms with E-state index in [1.165, 1.54) is 24.5 Å². The summed E-state index contributed by atoms with van der Waals surface area (Å²) in [4.78, 5) is 4.09. The molecule has 0 unspecified atom stereocenters. The van der Waals surface area contributed by atoms with Crippen LogP contribution in [-0.4, -0.2) is 12.1 Å². The second-order valence-electron chi connectivity index (χ2n) is 2.72. The number of thiazole rings is 1. The Bertz CT molecular complexity index is 428. The molecule has 0 aliphatic heterocycles. The average Bonchev–Trinajstić information content (AvgIpc) is 2.70. The molecule has 0 spiro atoms. The summed E-state index contributed by atoms with van der Waals surface area (Å²) in [5.74, 6) is -0.109. The predicted octanol–water partition coefficient (Wildman–Crippen LogP) is 2.96. The van der Waals surface area contributed by atoms with Gasteiger partial charge < -0.3 is 4.74 Å². The van der Waals surface area contributed by atoms with Gasteiger partial charge in [0, 0.05) is 10.9 Å². The van der Waals surface area contributed by atoms with Gasteiger partial charge in [-0.05, 0) is 18.2 Å². The summed E-state index contributed by atoms with van der Waals surface area (Å²) in [6, 6.07) is 4.81. The van der Waals surface area contributed by atoms with Crippen LogP contribution < -0.4 is 4.74 Å².